The van der Waals surface area contributed by atoms with Crippen molar-refractivity contribution < 1.29 is 17.9 Å². The van der Waals surface area contributed by atoms with Crippen LogP contribution in [-0.2, 0) is 15.4 Å². The molecule has 1 fully saturated rings. The van der Waals surface area contributed by atoms with Crippen molar-refractivity contribution in [3.05, 3.63) is 71.5 Å². The first-order valence-corrected chi connectivity index (χ1v) is 15.9. The SMILES string of the molecule is COc1c(NS(C)(=O)=O)cc(C(C)(C)C)cc1C(=O)Nc1ccc(C)c(-n2cc(-c3ccc(NCC4CC4)nc3)nn2)c1. The summed E-state index contributed by atoms with van der Waals surface area (Å²) in [5.74, 6) is 1.28. The Morgan fingerprint density at radius 1 is 1.12 bits per heavy atom. The molecule has 0 unspecified atom stereocenters. The van der Waals surface area contributed by atoms with Crippen LogP contribution in [0.2, 0.25) is 0 Å². The first kappa shape index (κ1) is 30.0. The number of nitrogens with one attached hydrogen (secondary N) is 3. The van der Waals surface area contributed by atoms with Crippen molar-refractivity contribution in [1.29, 1.82) is 0 Å². The zero-order valence-corrected chi connectivity index (χ0v) is 26.0. The van der Waals surface area contributed by atoms with Crippen LogP contribution < -0.4 is 20.1 Å². The number of aryl methyl sites for hydroxylation is 1. The van der Waals surface area contributed by atoms with Gasteiger partial charge >= 0.3 is 0 Å². The van der Waals surface area contributed by atoms with E-state index in [4.69, 9.17) is 4.74 Å². The monoisotopic (exact) mass is 603 g/mol. The molecule has 1 aliphatic rings. The zero-order chi connectivity index (χ0) is 30.9. The van der Waals surface area contributed by atoms with E-state index in [1.54, 1.807) is 29.1 Å². The van der Waals surface area contributed by atoms with E-state index in [0.717, 1.165) is 46.9 Å². The van der Waals surface area contributed by atoms with E-state index in [9.17, 15) is 13.2 Å². The molecule has 226 valence electrons. The molecular weight excluding hydrogens is 566 g/mol. The lowest BCUT2D eigenvalue weighted by atomic mass is 9.85. The molecule has 1 saturated carbocycles. The molecule has 3 N–H and O–H groups in total. The third kappa shape index (κ3) is 7.31. The number of anilines is 3. The van der Waals surface area contributed by atoms with Crippen molar-refractivity contribution in [1.82, 2.24) is 20.0 Å². The molecule has 0 saturated heterocycles. The summed E-state index contributed by atoms with van der Waals surface area (Å²) >= 11 is 0. The number of methoxy groups -OCH3 is 1. The maximum absolute atomic E-state index is 13.6. The van der Waals surface area contributed by atoms with Gasteiger partial charge in [0.25, 0.3) is 5.91 Å². The third-order valence-electron chi connectivity index (χ3n) is 7.23. The topological polar surface area (TPSA) is 140 Å². The summed E-state index contributed by atoms with van der Waals surface area (Å²) < 4.78 is 33.8. The molecule has 2 aromatic heterocycles. The number of sulfonamides is 1. The molecule has 2 aromatic carbocycles. The van der Waals surface area contributed by atoms with E-state index in [1.165, 1.54) is 20.0 Å². The van der Waals surface area contributed by atoms with Crippen molar-refractivity contribution in [3.8, 4) is 22.7 Å². The van der Waals surface area contributed by atoms with Gasteiger partial charge in [-0.05, 0) is 78.6 Å². The molecule has 0 aliphatic heterocycles. The minimum Gasteiger partial charge on any atom is -0.494 e. The van der Waals surface area contributed by atoms with Crippen LogP contribution in [0.4, 0.5) is 17.2 Å². The Morgan fingerprint density at radius 2 is 1.88 bits per heavy atom. The van der Waals surface area contributed by atoms with E-state index < -0.39 is 15.9 Å². The van der Waals surface area contributed by atoms with Crippen molar-refractivity contribution in [2.45, 2.75) is 46.0 Å². The summed E-state index contributed by atoms with van der Waals surface area (Å²) in [6.07, 6.45) is 7.21. The van der Waals surface area contributed by atoms with Gasteiger partial charge in [-0.15, -0.1) is 5.10 Å². The fourth-order valence-corrected chi connectivity index (χ4v) is 5.14. The standard InChI is InChI=1S/C31H37N7O4S/c1-19-7-11-23(34-30(39)24-13-22(31(2,3)4)14-25(29(24)42-5)36-43(6,40)41)15-27(19)38-18-26(35-37-38)21-10-12-28(33-17-21)32-16-20-8-9-20/h7,10-15,17-18,20,36H,8-9,16H2,1-6H3,(H,32,33)(H,34,39). The van der Waals surface area contributed by atoms with E-state index >= 15 is 0 Å². The van der Waals surface area contributed by atoms with Crippen LogP contribution >= 0.6 is 0 Å². The Morgan fingerprint density at radius 3 is 2.51 bits per heavy atom. The van der Waals surface area contributed by atoms with Gasteiger partial charge in [0.1, 0.15) is 11.5 Å². The van der Waals surface area contributed by atoms with Gasteiger partial charge in [-0.1, -0.05) is 32.1 Å². The van der Waals surface area contributed by atoms with E-state index in [0.29, 0.717) is 11.4 Å². The second-order valence-electron chi connectivity index (χ2n) is 12.0. The molecule has 1 aliphatic carbocycles. The second kappa shape index (κ2) is 11.7. The number of carbonyl (C=O) groups is 1. The lowest BCUT2D eigenvalue weighted by molar-refractivity contribution is 0.102. The van der Waals surface area contributed by atoms with Crippen LogP contribution in [0, 0.1) is 12.8 Å². The van der Waals surface area contributed by atoms with Gasteiger partial charge in [-0.3, -0.25) is 9.52 Å². The number of ether oxygens (including phenoxy) is 1. The van der Waals surface area contributed by atoms with Crippen LogP contribution in [0.5, 0.6) is 5.75 Å². The predicted molar refractivity (Wildman–Crippen MR) is 169 cm³/mol. The Labute approximate surface area is 252 Å². The normalized spacial score (nSPS) is 13.4. The highest BCUT2D eigenvalue weighted by molar-refractivity contribution is 7.92. The fraction of sp³-hybridized carbons (Fsp3) is 0.355. The van der Waals surface area contributed by atoms with Crippen LogP contribution in [-0.4, -0.2) is 54.2 Å². The van der Waals surface area contributed by atoms with E-state index in [1.807, 2.05) is 58.2 Å². The quantitative estimate of drug-likeness (QED) is 0.219. The molecule has 11 nitrogen and oxygen atoms in total. The number of hydrogen-bond donors (Lipinski definition) is 3. The number of aromatic nitrogens is 4. The number of nitrogens with zero attached hydrogens (tertiary/aromatic N) is 4. The van der Waals surface area contributed by atoms with Gasteiger partial charge in [0.2, 0.25) is 10.0 Å². The van der Waals surface area contributed by atoms with Gasteiger partial charge in [-0.25, -0.2) is 18.1 Å². The summed E-state index contributed by atoms with van der Waals surface area (Å²) in [6, 6.07) is 12.8. The van der Waals surface area contributed by atoms with Crippen LogP contribution in [0.1, 0.15) is 55.1 Å². The zero-order valence-electron chi connectivity index (χ0n) is 25.2. The van der Waals surface area contributed by atoms with Crippen molar-refractivity contribution >= 4 is 33.1 Å². The van der Waals surface area contributed by atoms with Gasteiger partial charge < -0.3 is 15.4 Å². The second-order valence-corrected chi connectivity index (χ2v) is 13.7. The molecule has 4 aromatic rings. The molecule has 0 atom stereocenters. The van der Waals surface area contributed by atoms with Gasteiger partial charge in [-0.2, -0.15) is 0 Å². The molecule has 12 heteroatoms. The molecule has 2 heterocycles. The Kier molecular flexibility index (Phi) is 8.15. The summed E-state index contributed by atoms with van der Waals surface area (Å²) in [7, 11) is -2.22. The highest BCUT2D eigenvalue weighted by atomic mass is 32.2. The Balaban J connectivity index is 1.40. The highest BCUT2D eigenvalue weighted by Gasteiger charge is 2.25. The highest BCUT2D eigenvalue weighted by Crippen LogP contribution is 2.36. The molecule has 1 amide bonds. The minimum atomic E-state index is -3.62. The molecule has 5 rings (SSSR count). The van der Waals surface area contributed by atoms with Crippen LogP contribution in [0.15, 0.2) is 54.9 Å². The number of carbonyl (C=O) groups excluding carboxylic acids is 1. The van der Waals surface area contributed by atoms with Crippen molar-refractivity contribution in [3.63, 3.8) is 0 Å². The summed E-state index contributed by atoms with van der Waals surface area (Å²) in [5.41, 5.74) is 4.51. The molecule has 0 bridgehead atoms. The van der Waals surface area contributed by atoms with Gasteiger partial charge in [0.15, 0.2) is 5.75 Å². The number of amides is 1. The largest absolute Gasteiger partial charge is 0.494 e. The predicted octanol–water partition coefficient (Wildman–Crippen LogP) is 5.39. The maximum atomic E-state index is 13.6. The number of rotatable bonds is 10. The first-order valence-electron chi connectivity index (χ1n) is 14.1. The lowest BCUT2D eigenvalue weighted by Gasteiger charge is -2.23. The molecule has 43 heavy (non-hydrogen) atoms. The number of benzene rings is 2. The molecule has 0 radical (unpaired) electrons. The molecule has 0 spiro atoms. The number of hydrogen-bond acceptors (Lipinski definition) is 8. The fourth-order valence-electron chi connectivity index (χ4n) is 4.59. The Bertz CT molecular complexity index is 1760. The average molecular weight is 604 g/mol. The van der Waals surface area contributed by atoms with E-state index in [-0.39, 0.29) is 22.4 Å². The minimum absolute atomic E-state index is 0.131. The van der Waals surface area contributed by atoms with Crippen molar-refractivity contribution in [2.75, 3.05) is 35.3 Å². The molecular formula is C31H37N7O4S. The lowest BCUT2D eigenvalue weighted by Crippen LogP contribution is -2.20. The van der Waals surface area contributed by atoms with Gasteiger partial charge in [0.05, 0.1) is 36.5 Å². The first-order chi connectivity index (χ1) is 20.3. The third-order valence-corrected chi connectivity index (χ3v) is 7.83. The van der Waals surface area contributed by atoms with E-state index in [2.05, 4.69) is 30.7 Å². The smallest absolute Gasteiger partial charge is 0.259 e. The summed E-state index contributed by atoms with van der Waals surface area (Å²) in [5, 5.41) is 15.0. The summed E-state index contributed by atoms with van der Waals surface area (Å²) in [6.45, 7) is 8.84. The Hall–Kier alpha value is -4.45. The van der Waals surface area contributed by atoms with Gasteiger partial charge in [0, 0.05) is 24.0 Å². The van der Waals surface area contributed by atoms with Crippen LogP contribution in [0.25, 0.3) is 16.9 Å². The average Bonchev–Trinajstić information content (AvgIpc) is 3.65. The summed E-state index contributed by atoms with van der Waals surface area (Å²) in [4.78, 5) is 18.1. The van der Waals surface area contributed by atoms with Crippen LogP contribution in [0.3, 0.4) is 0 Å². The number of pyridine rings is 1. The van der Waals surface area contributed by atoms with Crippen molar-refractivity contribution in [2.24, 2.45) is 5.92 Å². The maximum Gasteiger partial charge on any atom is 0.259 e.